The van der Waals surface area contributed by atoms with Crippen molar-refractivity contribution in [2.75, 3.05) is 7.11 Å². The first-order valence-corrected chi connectivity index (χ1v) is 12.1. The lowest BCUT2D eigenvalue weighted by molar-refractivity contribution is -0.137. The van der Waals surface area contributed by atoms with Gasteiger partial charge in [0.1, 0.15) is 12.6 Å². The van der Waals surface area contributed by atoms with Crippen molar-refractivity contribution in [3.63, 3.8) is 0 Å². The van der Waals surface area contributed by atoms with Gasteiger partial charge < -0.3 is 24.3 Å². The number of pyridine rings is 1. The molecule has 9 heteroatoms. The first-order valence-electron chi connectivity index (χ1n) is 12.1. The molecule has 0 bridgehead atoms. The molecule has 1 unspecified atom stereocenters. The molecule has 0 aliphatic rings. The van der Waals surface area contributed by atoms with Crippen LogP contribution in [-0.2, 0) is 16.1 Å². The van der Waals surface area contributed by atoms with Crippen molar-refractivity contribution >= 4 is 23.0 Å². The number of para-hydroxylation sites is 1. The number of benzene rings is 2. The molecule has 0 spiro atoms. The standard InChI is InChI=1S/C28H29N3O6/c1-35-26-21(16-20-12-8-9-13-22(20)30-26)24-17-29-27(37-24)23(14-6-3-7-15-25(32)33)31-28(34)36-18-19-10-4-2-5-11-19/h2,4-5,8-13,16-17,23H,3,6-7,14-15,18H2,1H3,(H,31,34)(H,32,33). The van der Waals surface area contributed by atoms with Gasteiger partial charge in [-0.2, -0.15) is 0 Å². The topological polar surface area (TPSA) is 124 Å². The Morgan fingerprint density at radius 1 is 1.05 bits per heavy atom. The van der Waals surface area contributed by atoms with Gasteiger partial charge >= 0.3 is 12.1 Å². The number of methoxy groups -OCH3 is 1. The Kier molecular flexibility index (Phi) is 8.70. The Bertz CT molecular complexity index is 1340. The molecule has 2 aromatic heterocycles. The first kappa shape index (κ1) is 25.7. The number of fused-ring (bicyclic) bond motifs is 1. The predicted octanol–water partition coefficient (Wildman–Crippen LogP) is 5.90. The second kappa shape index (κ2) is 12.5. The van der Waals surface area contributed by atoms with Crippen LogP contribution < -0.4 is 10.1 Å². The Balaban J connectivity index is 1.50. The molecule has 0 radical (unpaired) electrons. The lowest BCUT2D eigenvalue weighted by atomic mass is 10.1. The molecule has 0 aliphatic heterocycles. The van der Waals surface area contributed by atoms with Crippen molar-refractivity contribution in [2.45, 2.75) is 44.8 Å². The van der Waals surface area contributed by atoms with Gasteiger partial charge in [0, 0.05) is 11.8 Å². The van der Waals surface area contributed by atoms with Gasteiger partial charge in [0.2, 0.25) is 11.8 Å². The molecule has 9 nitrogen and oxygen atoms in total. The summed E-state index contributed by atoms with van der Waals surface area (Å²) in [5.74, 6) is 0.358. The van der Waals surface area contributed by atoms with Gasteiger partial charge in [0.05, 0.1) is 24.4 Å². The Labute approximate surface area is 214 Å². The molecule has 2 N–H and O–H groups in total. The van der Waals surface area contributed by atoms with Crippen LogP contribution in [0.4, 0.5) is 4.79 Å². The van der Waals surface area contributed by atoms with E-state index >= 15 is 0 Å². The zero-order valence-corrected chi connectivity index (χ0v) is 20.6. The average Bonchev–Trinajstić information content (AvgIpc) is 3.41. The molecule has 0 saturated heterocycles. The van der Waals surface area contributed by atoms with Gasteiger partial charge in [-0.05, 0) is 30.5 Å². The van der Waals surface area contributed by atoms with Crippen LogP contribution in [0.25, 0.3) is 22.2 Å². The van der Waals surface area contributed by atoms with Gasteiger partial charge in [-0.1, -0.05) is 61.4 Å². The lowest BCUT2D eigenvalue weighted by Gasteiger charge is -2.16. The van der Waals surface area contributed by atoms with Gasteiger partial charge in [-0.3, -0.25) is 4.79 Å². The van der Waals surface area contributed by atoms with Crippen LogP contribution in [0.5, 0.6) is 5.88 Å². The molecule has 1 atom stereocenters. The van der Waals surface area contributed by atoms with Gasteiger partial charge in [-0.25, -0.2) is 14.8 Å². The predicted molar refractivity (Wildman–Crippen MR) is 137 cm³/mol. The molecular formula is C28H29N3O6. The minimum absolute atomic E-state index is 0.106. The summed E-state index contributed by atoms with van der Waals surface area (Å²) in [4.78, 5) is 32.4. The summed E-state index contributed by atoms with van der Waals surface area (Å²) >= 11 is 0. The van der Waals surface area contributed by atoms with Crippen molar-refractivity contribution < 1.29 is 28.6 Å². The molecule has 192 valence electrons. The number of amides is 1. The van der Waals surface area contributed by atoms with Crippen LogP contribution >= 0.6 is 0 Å². The largest absolute Gasteiger partial charge is 0.481 e. The number of hydrogen-bond acceptors (Lipinski definition) is 7. The Hall–Kier alpha value is -4.40. The summed E-state index contributed by atoms with van der Waals surface area (Å²) in [5.41, 5.74) is 2.31. The molecule has 0 saturated carbocycles. The average molecular weight is 504 g/mol. The van der Waals surface area contributed by atoms with Crippen molar-refractivity contribution in [1.29, 1.82) is 0 Å². The highest BCUT2D eigenvalue weighted by molar-refractivity contribution is 5.85. The first-order chi connectivity index (χ1) is 18.0. The lowest BCUT2D eigenvalue weighted by Crippen LogP contribution is -2.29. The summed E-state index contributed by atoms with van der Waals surface area (Å²) in [6, 6.07) is 18.4. The number of oxazole rings is 1. The Morgan fingerprint density at radius 3 is 2.62 bits per heavy atom. The molecule has 1 amide bonds. The molecule has 2 aromatic carbocycles. The molecular weight excluding hydrogens is 474 g/mol. The number of carboxylic acid groups (broad SMARTS) is 1. The van der Waals surface area contributed by atoms with E-state index in [1.165, 1.54) is 0 Å². The highest BCUT2D eigenvalue weighted by Crippen LogP contribution is 2.33. The van der Waals surface area contributed by atoms with Crippen molar-refractivity contribution in [3.8, 4) is 17.2 Å². The summed E-state index contributed by atoms with van der Waals surface area (Å²) in [6.45, 7) is 0.134. The van der Waals surface area contributed by atoms with Crippen LogP contribution in [-0.4, -0.2) is 34.2 Å². The third-order valence-corrected chi connectivity index (χ3v) is 5.86. The molecule has 4 rings (SSSR count). The summed E-state index contributed by atoms with van der Waals surface area (Å²) in [5, 5.41) is 12.6. The fourth-order valence-electron chi connectivity index (χ4n) is 3.97. The fourth-order valence-corrected chi connectivity index (χ4v) is 3.97. The van der Waals surface area contributed by atoms with Crippen LogP contribution in [0.15, 0.2) is 71.3 Å². The quantitative estimate of drug-likeness (QED) is 0.229. The van der Waals surface area contributed by atoms with Crippen LogP contribution in [0.1, 0.15) is 49.6 Å². The maximum atomic E-state index is 12.6. The van der Waals surface area contributed by atoms with E-state index in [1.807, 2.05) is 60.7 Å². The number of carbonyl (C=O) groups is 2. The number of aliphatic carboxylic acids is 1. The number of rotatable bonds is 12. The van der Waals surface area contributed by atoms with E-state index in [2.05, 4.69) is 15.3 Å². The number of hydrogen-bond donors (Lipinski definition) is 2. The normalized spacial score (nSPS) is 11.7. The number of carbonyl (C=O) groups excluding carboxylic acids is 1. The number of carboxylic acids is 1. The minimum Gasteiger partial charge on any atom is -0.481 e. The Morgan fingerprint density at radius 2 is 1.84 bits per heavy atom. The van der Waals surface area contributed by atoms with E-state index < -0.39 is 18.1 Å². The van der Waals surface area contributed by atoms with Crippen molar-refractivity contribution in [3.05, 3.63) is 78.3 Å². The van der Waals surface area contributed by atoms with Crippen LogP contribution in [0, 0.1) is 0 Å². The van der Waals surface area contributed by atoms with Gasteiger partial charge in [0.25, 0.3) is 0 Å². The second-order valence-electron chi connectivity index (χ2n) is 8.55. The maximum Gasteiger partial charge on any atom is 0.408 e. The highest BCUT2D eigenvalue weighted by Gasteiger charge is 2.23. The number of aromatic nitrogens is 2. The summed E-state index contributed by atoms with van der Waals surface area (Å²) in [7, 11) is 1.54. The second-order valence-corrected chi connectivity index (χ2v) is 8.55. The molecule has 0 fully saturated rings. The zero-order chi connectivity index (χ0) is 26.0. The summed E-state index contributed by atoms with van der Waals surface area (Å²) in [6.07, 6.45) is 3.52. The minimum atomic E-state index is -0.825. The van der Waals surface area contributed by atoms with Gasteiger partial charge in [-0.15, -0.1) is 0 Å². The third-order valence-electron chi connectivity index (χ3n) is 5.86. The summed E-state index contributed by atoms with van der Waals surface area (Å²) < 4.78 is 17.0. The van der Waals surface area contributed by atoms with E-state index in [1.54, 1.807) is 13.3 Å². The van der Waals surface area contributed by atoms with Gasteiger partial charge in [0.15, 0.2) is 5.76 Å². The highest BCUT2D eigenvalue weighted by atomic mass is 16.5. The van der Waals surface area contributed by atoms with E-state index in [4.69, 9.17) is 19.0 Å². The van der Waals surface area contributed by atoms with E-state index in [9.17, 15) is 9.59 Å². The number of unbranched alkanes of at least 4 members (excludes halogenated alkanes) is 2. The monoisotopic (exact) mass is 503 g/mol. The van der Waals surface area contributed by atoms with E-state index in [0.717, 1.165) is 16.5 Å². The number of alkyl carbamates (subject to hydrolysis) is 1. The van der Waals surface area contributed by atoms with Crippen molar-refractivity contribution in [2.24, 2.45) is 0 Å². The van der Waals surface area contributed by atoms with Crippen LogP contribution in [0.2, 0.25) is 0 Å². The number of ether oxygens (including phenoxy) is 2. The maximum absolute atomic E-state index is 12.6. The third kappa shape index (κ3) is 7.07. The molecule has 37 heavy (non-hydrogen) atoms. The van der Waals surface area contributed by atoms with Crippen LogP contribution in [0.3, 0.4) is 0 Å². The molecule has 4 aromatic rings. The molecule has 2 heterocycles. The van der Waals surface area contributed by atoms with Crippen molar-refractivity contribution in [1.82, 2.24) is 15.3 Å². The SMILES string of the molecule is COc1nc2ccccc2cc1-c1cnc(C(CCCCCC(=O)O)NC(=O)OCc2ccccc2)o1. The van der Waals surface area contributed by atoms with E-state index in [-0.39, 0.29) is 13.0 Å². The smallest absolute Gasteiger partial charge is 0.408 e. The zero-order valence-electron chi connectivity index (χ0n) is 20.6. The van der Waals surface area contributed by atoms with E-state index in [0.29, 0.717) is 48.8 Å². The fraction of sp³-hybridized carbons (Fsp3) is 0.286. The molecule has 0 aliphatic carbocycles. The number of nitrogens with zero attached hydrogens (tertiary/aromatic N) is 2. The number of nitrogens with one attached hydrogen (secondary N) is 1.